The van der Waals surface area contributed by atoms with Crippen molar-refractivity contribution >= 4 is 16.6 Å². The van der Waals surface area contributed by atoms with Crippen LogP contribution in [0.5, 0.6) is 5.75 Å². The van der Waals surface area contributed by atoms with E-state index >= 15 is 0 Å². The van der Waals surface area contributed by atoms with Crippen LogP contribution in [-0.4, -0.2) is 20.4 Å². The van der Waals surface area contributed by atoms with Crippen molar-refractivity contribution in [3.63, 3.8) is 0 Å². The van der Waals surface area contributed by atoms with Gasteiger partial charge in [0.15, 0.2) is 5.78 Å². The summed E-state index contributed by atoms with van der Waals surface area (Å²) >= 11 is 0. The number of hydrogen-bond acceptors (Lipinski definition) is 3. The third kappa shape index (κ3) is 3.01. The third-order valence-corrected chi connectivity index (χ3v) is 3.82. The second-order valence-electron chi connectivity index (χ2n) is 5.36. The number of carbonyl (C=O) groups is 1. The van der Waals surface area contributed by atoms with Crippen molar-refractivity contribution in [1.29, 1.82) is 0 Å². The number of phenolic OH excluding ortho intramolecular Hbond substituents is 1. The number of hydrogen-bond donors (Lipinski definition) is 1. The van der Waals surface area contributed by atoms with Crippen LogP contribution in [0.4, 0.5) is 0 Å². The van der Waals surface area contributed by atoms with Gasteiger partial charge in [0.2, 0.25) is 0 Å². The standard InChI is InChI=1S/C18H18N2O2/c21-16(7-3-4-11-20-12-10-19-13-20)18-15-6-2-1-5-14(15)8-9-17(18)22/h1-2,5-6,8-10,12-13,22H,3-4,7,11H2. The van der Waals surface area contributed by atoms with Crippen molar-refractivity contribution in [3.05, 3.63) is 60.7 Å². The molecule has 0 saturated carbocycles. The SMILES string of the molecule is O=C(CCCCn1ccnc1)c1c(O)ccc2ccccc12. The van der Waals surface area contributed by atoms with Crippen molar-refractivity contribution in [2.24, 2.45) is 0 Å². The molecule has 0 aliphatic heterocycles. The molecule has 0 saturated heterocycles. The molecule has 22 heavy (non-hydrogen) atoms. The van der Waals surface area contributed by atoms with E-state index in [1.807, 2.05) is 41.1 Å². The first-order valence-electron chi connectivity index (χ1n) is 7.45. The maximum Gasteiger partial charge on any atom is 0.167 e. The molecule has 0 aliphatic rings. The number of aryl methyl sites for hydroxylation is 1. The summed E-state index contributed by atoms with van der Waals surface area (Å²) in [5.74, 6) is 0.0678. The van der Waals surface area contributed by atoms with E-state index in [-0.39, 0.29) is 11.5 Å². The number of Topliss-reactive ketones (excluding diaryl/α,β-unsaturated/α-hetero) is 1. The molecule has 1 heterocycles. The number of rotatable bonds is 6. The van der Waals surface area contributed by atoms with E-state index in [9.17, 15) is 9.90 Å². The molecule has 2 aromatic carbocycles. The molecule has 112 valence electrons. The maximum atomic E-state index is 12.5. The van der Waals surface area contributed by atoms with Gasteiger partial charge in [0.1, 0.15) is 5.75 Å². The van der Waals surface area contributed by atoms with Gasteiger partial charge >= 0.3 is 0 Å². The fourth-order valence-electron chi connectivity index (χ4n) is 2.68. The quantitative estimate of drug-likeness (QED) is 0.556. The Labute approximate surface area is 129 Å². The van der Waals surface area contributed by atoms with Crippen LogP contribution in [0.3, 0.4) is 0 Å². The lowest BCUT2D eigenvalue weighted by atomic mass is 9.97. The summed E-state index contributed by atoms with van der Waals surface area (Å²) in [5, 5.41) is 11.8. The minimum atomic E-state index is -0.0000638. The third-order valence-electron chi connectivity index (χ3n) is 3.82. The highest BCUT2D eigenvalue weighted by atomic mass is 16.3. The van der Waals surface area contributed by atoms with Crippen LogP contribution in [0.15, 0.2) is 55.1 Å². The Hall–Kier alpha value is -2.62. The van der Waals surface area contributed by atoms with Crippen LogP contribution < -0.4 is 0 Å². The van der Waals surface area contributed by atoms with Gasteiger partial charge in [0.05, 0.1) is 11.9 Å². The highest BCUT2D eigenvalue weighted by Crippen LogP contribution is 2.28. The van der Waals surface area contributed by atoms with Crippen molar-refractivity contribution in [2.75, 3.05) is 0 Å². The molecular formula is C18H18N2O2. The predicted octanol–water partition coefficient (Wildman–Crippen LogP) is 3.80. The highest BCUT2D eigenvalue weighted by molar-refractivity contribution is 6.10. The van der Waals surface area contributed by atoms with E-state index in [0.29, 0.717) is 12.0 Å². The van der Waals surface area contributed by atoms with Crippen molar-refractivity contribution in [1.82, 2.24) is 9.55 Å². The minimum Gasteiger partial charge on any atom is -0.507 e. The Balaban J connectivity index is 1.68. The molecule has 0 unspecified atom stereocenters. The maximum absolute atomic E-state index is 12.5. The fraction of sp³-hybridized carbons (Fsp3) is 0.222. The van der Waals surface area contributed by atoms with Crippen molar-refractivity contribution < 1.29 is 9.90 Å². The summed E-state index contributed by atoms with van der Waals surface area (Å²) in [7, 11) is 0. The molecule has 0 radical (unpaired) electrons. The van der Waals surface area contributed by atoms with Gasteiger partial charge in [-0.25, -0.2) is 4.98 Å². The lowest BCUT2D eigenvalue weighted by molar-refractivity contribution is 0.0978. The number of aromatic nitrogens is 2. The van der Waals surface area contributed by atoms with Crippen LogP contribution in [0.2, 0.25) is 0 Å². The van der Waals surface area contributed by atoms with E-state index < -0.39 is 0 Å². The second kappa shape index (κ2) is 6.43. The van der Waals surface area contributed by atoms with E-state index in [1.165, 1.54) is 0 Å². The van der Waals surface area contributed by atoms with Gasteiger partial charge < -0.3 is 9.67 Å². The van der Waals surface area contributed by atoms with E-state index in [4.69, 9.17) is 0 Å². The molecular weight excluding hydrogens is 276 g/mol. The number of imidazole rings is 1. The monoisotopic (exact) mass is 294 g/mol. The number of phenols is 1. The minimum absolute atomic E-state index is 0.0000638. The number of nitrogens with zero attached hydrogens (tertiary/aromatic N) is 2. The molecule has 0 bridgehead atoms. The summed E-state index contributed by atoms with van der Waals surface area (Å²) in [5.41, 5.74) is 0.445. The zero-order valence-electron chi connectivity index (χ0n) is 12.3. The average molecular weight is 294 g/mol. The van der Waals surface area contributed by atoms with E-state index in [1.54, 1.807) is 18.6 Å². The zero-order valence-corrected chi connectivity index (χ0v) is 12.3. The first kappa shape index (κ1) is 14.3. The highest BCUT2D eigenvalue weighted by Gasteiger charge is 2.14. The number of ketones is 1. The lowest BCUT2D eigenvalue weighted by Crippen LogP contribution is -2.02. The van der Waals surface area contributed by atoms with Gasteiger partial charge in [-0.3, -0.25) is 4.79 Å². The number of carbonyl (C=O) groups excluding carboxylic acids is 1. The van der Waals surface area contributed by atoms with Gasteiger partial charge in [-0.15, -0.1) is 0 Å². The molecule has 1 N–H and O–H groups in total. The normalized spacial score (nSPS) is 10.9. The van der Waals surface area contributed by atoms with Gasteiger partial charge in [-0.1, -0.05) is 30.3 Å². The Morgan fingerprint density at radius 3 is 2.82 bits per heavy atom. The van der Waals surface area contributed by atoms with E-state index in [0.717, 1.165) is 30.2 Å². The molecule has 0 fully saturated rings. The van der Waals surface area contributed by atoms with Gasteiger partial charge in [-0.05, 0) is 29.7 Å². The summed E-state index contributed by atoms with van der Waals surface area (Å²) in [6.45, 7) is 0.856. The smallest absolute Gasteiger partial charge is 0.167 e. The van der Waals surface area contributed by atoms with Crippen molar-refractivity contribution in [3.8, 4) is 5.75 Å². The Bertz CT molecular complexity index is 779. The van der Waals surface area contributed by atoms with Gasteiger partial charge in [0, 0.05) is 25.4 Å². The van der Waals surface area contributed by atoms with Crippen LogP contribution in [-0.2, 0) is 6.54 Å². The molecule has 0 amide bonds. The number of aromatic hydroxyl groups is 1. The topological polar surface area (TPSA) is 55.1 Å². The first-order chi connectivity index (χ1) is 10.8. The van der Waals surface area contributed by atoms with Crippen molar-refractivity contribution in [2.45, 2.75) is 25.8 Å². The summed E-state index contributed by atoms with van der Waals surface area (Å²) in [6.07, 6.45) is 7.58. The molecule has 0 atom stereocenters. The number of benzene rings is 2. The van der Waals surface area contributed by atoms with Crippen LogP contribution in [0.1, 0.15) is 29.6 Å². The Morgan fingerprint density at radius 1 is 1.14 bits per heavy atom. The fourth-order valence-corrected chi connectivity index (χ4v) is 2.68. The molecule has 4 nitrogen and oxygen atoms in total. The first-order valence-corrected chi connectivity index (χ1v) is 7.45. The largest absolute Gasteiger partial charge is 0.507 e. The summed E-state index contributed by atoms with van der Waals surface area (Å²) < 4.78 is 2.00. The molecule has 4 heteroatoms. The summed E-state index contributed by atoms with van der Waals surface area (Å²) in [6, 6.07) is 11.1. The molecule has 1 aromatic heterocycles. The van der Waals surface area contributed by atoms with E-state index in [2.05, 4.69) is 4.98 Å². The molecule has 0 aliphatic carbocycles. The number of fused-ring (bicyclic) bond motifs is 1. The average Bonchev–Trinajstić information content (AvgIpc) is 3.04. The van der Waals surface area contributed by atoms with Gasteiger partial charge in [0.25, 0.3) is 0 Å². The Morgan fingerprint density at radius 2 is 2.00 bits per heavy atom. The lowest BCUT2D eigenvalue weighted by Gasteiger charge is -2.08. The molecule has 3 aromatic rings. The molecule has 0 spiro atoms. The van der Waals surface area contributed by atoms with Crippen LogP contribution >= 0.6 is 0 Å². The van der Waals surface area contributed by atoms with Crippen LogP contribution in [0, 0.1) is 0 Å². The Kier molecular flexibility index (Phi) is 4.19. The molecule has 3 rings (SSSR count). The van der Waals surface area contributed by atoms with Gasteiger partial charge in [-0.2, -0.15) is 0 Å². The zero-order chi connectivity index (χ0) is 15.4. The number of unbranched alkanes of at least 4 members (excludes halogenated alkanes) is 1. The van der Waals surface area contributed by atoms with Crippen LogP contribution in [0.25, 0.3) is 10.8 Å². The predicted molar refractivity (Wildman–Crippen MR) is 86.0 cm³/mol. The second-order valence-corrected chi connectivity index (χ2v) is 5.36. The summed E-state index contributed by atoms with van der Waals surface area (Å²) in [4.78, 5) is 16.5.